The summed E-state index contributed by atoms with van der Waals surface area (Å²) in [4.78, 5) is 7.10. The van der Waals surface area contributed by atoms with Gasteiger partial charge in [0.05, 0.1) is 12.0 Å². The van der Waals surface area contributed by atoms with E-state index in [1.807, 2.05) is 26.0 Å². The minimum Gasteiger partial charge on any atom is -0.348 e. The zero-order valence-corrected chi connectivity index (χ0v) is 6.89. The fourth-order valence-corrected chi connectivity index (χ4v) is 0.759. The van der Waals surface area contributed by atoms with Gasteiger partial charge in [-0.3, -0.25) is 0 Å². The third-order valence-electron chi connectivity index (χ3n) is 1.39. The normalized spacial score (nSPS) is 10.7. The minimum absolute atomic E-state index is 0.980. The lowest BCUT2D eigenvalue weighted by molar-refractivity contribution is 1.25. The Kier molecular flexibility index (Phi) is 2.26. The van der Waals surface area contributed by atoms with Crippen LogP contribution in [0.25, 0.3) is 6.08 Å². The highest BCUT2D eigenvalue weighted by Crippen LogP contribution is 2.04. The van der Waals surface area contributed by atoms with Gasteiger partial charge in [0.15, 0.2) is 0 Å². The van der Waals surface area contributed by atoms with Gasteiger partial charge in [-0.25, -0.2) is 4.98 Å². The predicted molar refractivity (Wildman–Crippen MR) is 47.2 cm³/mol. The van der Waals surface area contributed by atoms with E-state index < -0.39 is 0 Å². The van der Waals surface area contributed by atoms with Crippen LogP contribution < -0.4 is 0 Å². The van der Waals surface area contributed by atoms with Gasteiger partial charge in [-0.05, 0) is 19.9 Å². The molecule has 0 aliphatic rings. The summed E-state index contributed by atoms with van der Waals surface area (Å²) in [7, 11) is 0. The average molecular weight is 148 g/mol. The van der Waals surface area contributed by atoms with Crippen LogP contribution in [0.4, 0.5) is 0 Å². The Labute approximate surface area is 66.7 Å². The molecule has 1 heterocycles. The molecule has 1 aromatic rings. The molecule has 1 N–H and O–H groups in total. The standard InChI is InChI=1S/C9H12N2/c1-7(2)4-5-9-8(3)10-6-11-9/h4-6H,1H2,2-3H3,(H,10,11)/b5-4-. The van der Waals surface area contributed by atoms with Crippen molar-refractivity contribution in [3.05, 3.63) is 35.9 Å². The smallest absolute Gasteiger partial charge is 0.0929 e. The van der Waals surface area contributed by atoms with E-state index >= 15 is 0 Å². The first-order valence-corrected chi connectivity index (χ1v) is 3.53. The van der Waals surface area contributed by atoms with Crippen molar-refractivity contribution >= 4 is 6.08 Å². The molecular weight excluding hydrogens is 136 g/mol. The number of nitrogens with one attached hydrogen (secondary N) is 1. The third-order valence-corrected chi connectivity index (χ3v) is 1.39. The lowest BCUT2D eigenvalue weighted by Gasteiger charge is -1.87. The van der Waals surface area contributed by atoms with Crippen molar-refractivity contribution in [1.29, 1.82) is 0 Å². The second-order valence-electron chi connectivity index (χ2n) is 2.59. The van der Waals surface area contributed by atoms with Crippen LogP contribution in [-0.4, -0.2) is 9.97 Å². The summed E-state index contributed by atoms with van der Waals surface area (Å²) in [5.74, 6) is 0. The maximum Gasteiger partial charge on any atom is 0.0929 e. The molecule has 0 amide bonds. The first kappa shape index (κ1) is 7.79. The molecule has 0 bridgehead atoms. The number of aromatic amines is 1. The summed E-state index contributed by atoms with van der Waals surface area (Å²) >= 11 is 0. The van der Waals surface area contributed by atoms with Gasteiger partial charge in [-0.2, -0.15) is 0 Å². The summed E-state index contributed by atoms with van der Waals surface area (Å²) in [6.45, 7) is 7.71. The highest BCUT2D eigenvalue weighted by Gasteiger charge is 1.93. The van der Waals surface area contributed by atoms with Gasteiger partial charge in [0, 0.05) is 5.69 Å². The molecular formula is C9H12N2. The Morgan fingerprint density at radius 3 is 2.91 bits per heavy atom. The molecule has 0 aliphatic heterocycles. The second kappa shape index (κ2) is 3.19. The van der Waals surface area contributed by atoms with E-state index in [2.05, 4.69) is 16.5 Å². The van der Waals surface area contributed by atoms with Crippen LogP contribution >= 0.6 is 0 Å². The number of H-pyrrole nitrogens is 1. The van der Waals surface area contributed by atoms with Crippen molar-refractivity contribution in [3.8, 4) is 0 Å². The molecule has 1 aromatic heterocycles. The largest absolute Gasteiger partial charge is 0.348 e. The Bertz CT molecular complexity index is 282. The van der Waals surface area contributed by atoms with Crippen LogP contribution in [0.2, 0.25) is 0 Å². The number of hydrogen-bond acceptors (Lipinski definition) is 1. The van der Waals surface area contributed by atoms with Crippen molar-refractivity contribution in [2.45, 2.75) is 13.8 Å². The summed E-state index contributed by atoms with van der Waals surface area (Å²) < 4.78 is 0. The molecule has 0 aromatic carbocycles. The number of aryl methyl sites for hydroxylation is 1. The molecule has 0 saturated carbocycles. The molecule has 0 atom stereocenters. The first-order chi connectivity index (χ1) is 5.20. The molecule has 1 rings (SSSR count). The molecule has 0 radical (unpaired) electrons. The van der Waals surface area contributed by atoms with E-state index in [-0.39, 0.29) is 0 Å². The number of imidazole rings is 1. The topological polar surface area (TPSA) is 28.7 Å². The Morgan fingerprint density at radius 2 is 2.45 bits per heavy atom. The number of hydrogen-bond donors (Lipinski definition) is 1. The van der Waals surface area contributed by atoms with Gasteiger partial charge in [-0.1, -0.05) is 18.2 Å². The van der Waals surface area contributed by atoms with Crippen molar-refractivity contribution in [3.63, 3.8) is 0 Å². The third kappa shape index (κ3) is 2.08. The maximum atomic E-state index is 4.10. The van der Waals surface area contributed by atoms with Gasteiger partial charge in [0.1, 0.15) is 0 Å². The lowest BCUT2D eigenvalue weighted by atomic mass is 10.2. The highest BCUT2D eigenvalue weighted by molar-refractivity contribution is 5.50. The van der Waals surface area contributed by atoms with Crippen LogP contribution in [0.5, 0.6) is 0 Å². The molecule has 58 valence electrons. The summed E-state index contributed by atoms with van der Waals surface area (Å²) in [5, 5.41) is 0. The van der Waals surface area contributed by atoms with Gasteiger partial charge in [0.2, 0.25) is 0 Å². The Balaban J connectivity index is 2.79. The summed E-state index contributed by atoms with van der Waals surface area (Å²) in [5.41, 5.74) is 3.10. The molecule has 0 unspecified atom stereocenters. The molecule has 11 heavy (non-hydrogen) atoms. The van der Waals surface area contributed by atoms with E-state index in [0.29, 0.717) is 0 Å². The van der Waals surface area contributed by atoms with E-state index in [0.717, 1.165) is 17.0 Å². The highest BCUT2D eigenvalue weighted by atomic mass is 14.9. The minimum atomic E-state index is 0.980. The van der Waals surface area contributed by atoms with Gasteiger partial charge in [-0.15, -0.1) is 0 Å². The Hall–Kier alpha value is -1.31. The van der Waals surface area contributed by atoms with Crippen LogP contribution in [-0.2, 0) is 0 Å². The Morgan fingerprint density at radius 1 is 1.73 bits per heavy atom. The van der Waals surface area contributed by atoms with Gasteiger partial charge < -0.3 is 4.98 Å². The summed E-state index contributed by atoms with van der Waals surface area (Å²) in [6, 6.07) is 0. The second-order valence-corrected chi connectivity index (χ2v) is 2.59. The van der Waals surface area contributed by atoms with E-state index in [9.17, 15) is 0 Å². The SMILES string of the molecule is C=C(C)/C=C\c1nc[nH]c1C. The van der Waals surface area contributed by atoms with Gasteiger partial charge >= 0.3 is 0 Å². The first-order valence-electron chi connectivity index (χ1n) is 3.53. The summed E-state index contributed by atoms with van der Waals surface area (Å²) in [6.07, 6.45) is 5.59. The van der Waals surface area contributed by atoms with Crippen molar-refractivity contribution in [2.24, 2.45) is 0 Å². The zero-order chi connectivity index (χ0) is 8.27. The van der Waals surface area contributed by atoms with Crippen LogP contribution in [0, 0.1) is 6.92 Å². The van der Waals surface area contributed by atoms with Crippen LogP contribution in [0.1, 0.15) is 18.3 Å². The van der Waals surface area contributed by atoms with E-state index in [1.54, 1.807) is 6.33 Å². The fourth-order valence-electron chi connectivity index (χ4n) is 0.759. The molecule has 0 fully saturated rings. The molecule has 0 saturated heterocycles. The predicted octanol–water partition coefficient (Wildman–Crippen LogP) is 2.31. The molecule has 0 spiro atoms. The maximum absolute atomic E-state index is 4.10. The van der Waals surface area contributed by atoms with E-state index in [1.165, 1.54) is 0 Å². The fraction of sp³-hybridized carbons (Fsp3) is 0.222. The quantitative estimate of drug-likeness (QED) is 0.640. The number of nitrogens with zero attached hydrogens (tertiary/aromatic N) is 1. The average Bonchev–Trinajstić information content (AvgIpc) is 2.31. The van der Waals surface area contributed by atoms with Crippen molar-refractivity contribution in [1.82, 2.24) is 9.97 Å². The molecule has 0 aliphatic carbocycles. The van der Waals surface area contributed by atoms with Gasteiger partial charge in [0.25, 0.3) is 0 Å². The van der Waals surface area contributed by atoms with Crippen molar-refractivity contribution < 1.29 is 0 Å². The molecule has 2 heteroatoms. The zero-order valence-electron chi connectivity index (χ0n) is 6.89. The number of rotatable bonds is 2. The number of aromatic nitrogens is 2. The molecule has 2 nitrogen and oxygen atoms in total. The monoisotopic (exact) mass is 148 g/mol. The van der Waals surface area contributed by atoms with Crippen LogP contribution in [0.15, 0.2) is 24.6 Å². The lowest BCUT2D eigenvalue weighted by Crippen LogP contribution is -1.75. The van der Waals surface area contributed by atoms with Crippen LogP contribution in [0.3, 0.4) is 0 Å². The van der Waals surface area contributed by atoms with E-state index in [4.69, 9.17) is 0 Å². The van der Waals surface area contributed by atoms with Crippen molar-refractivity contribution in [2.75, 3.05) is 0 Å². The number of allylic oxidation sites excluding steroid dienone is 2.